The standard InChI is InChI=1S/C19H16FN3O2/c1-25-15-6-4-5-13(11-15)22-14-9-10-18(21-12-14)23-19(24)16-7-2-3-8-17(16)20/h2-12,22H,1H3,(H,21,23,24). The number of nitrogens with zero attached hydrogens (tertiary/aromatic N) is 1. The van der Waals surface area contributed by atoms with Crippen molar-refractivity contribution in [2.24, 2.45) is 0 Å². The number of hydrogen-bond donors (Lipinski definition) is 2. The van der Waals surface area contributed by atoms with Crippen LogP contribution in [0.5, 0.6) is 5.75 Å². The lowest BCUT2D eigenvalue weighted by Gasteiger charge is -2.09. The van der Waals surface area contributed by atoms with Crippen LogP contribution in [-0.2, 0) is 0 Å². The number of rotatable bonds is 5. The number of benzene rings is 2. The summed E-state index contributed by atoms with van der Waals surface area (Å²) >= 11 is 0. The van der Waals surface area contributed by atoms with Crippen LogP contribution in [0.4, 0.5) is 21.6 Å². The van der Waals surface area contributed by atoms with Crippen molar-refractivity contribution in [1.29, 1.82) is 0 Å². The highest BCUT2D eigenvalue weighted by atomic mass is 19.1. The van der Waals surface area contributed by atoms with Crippen LogP contribution in [0.2, 0.25) is 0 Å². The number of nitrogens with one attached hydrogen (secondary N) is 2. The maximum atomic E-state index is 13.6. The summed E-state index contributed by atoms with van der Waals surface area (Å²) in [7, 11) is 1.60. The molecule has 25 heavy (non-hydrogen) atoms. The third kappa shape index (κ3) is 4.11. The van der Waals surface area contributed by atoms with E-state index in [0.717, 1.165) is 17.1 Å². The lowest BCUT2D eigenvalue weighted by atomic mass is 10.2. The normalized spacial score (nSPS) is 10.2. The molecule has 6 heteroatoms. The Morgan fingerprint density at radius 3 is 2.60 bits per heavy atom. The van der Waals surface area contributed by atoms with Gasteiger partial charge in [-0.25, -0.2) is 9.37 Å². The second kappa shape index (κ2) is 7.44. The van der Waals surface area contributed by atoms with Gasteiger partial charge < -0.3 is 15.4 Å². The third-order valence-corrected chi connectivity index (χ3v) is 3.48. The lowest BCUT2D eigenvalue weighted by Crippen LogP contribution is -2.14. The van der Waals surface area contributed by atoms with Crippen molar-refractivity contribution >= 4 is 23.1 Å². The quantitative estimate of drug-likeness (QED) is 0.731. The molecule has 126 valence electrons. The molecule has 3 rings (SSSR count). The molecule has 3 aromatic rings. The Morgan fingerprint density at radius 2 is 1.88 bits per heavy atom. The molecule has 0 atom stereocenters. The minimum Gasteiger partial charge on any atom is -0.497 e. The van der Waals surface area contributed by atoms with Gasteiger partial charge in [-0.05, 0) is 36.4 Å². The number of carbonyl (C=O) groups excluding carboxylic acids is 1. The van der Waals surface area contributed by atoms with Gasteiger partial charge in [0.05, 0.1) is 24.6 Å². The van der Waals surface area contributed by atoms with Gasteiger partial charge in [-0.2, -0.15) is 0 Å². The number of amides is 1. The zero-order valence-electron chi connectivity index (χ0n) is 13.5. The summed E-state index contributed by atoms with van der Waals surface area (Å²) in [4.78, 5) is 16.2. The Kier molecular flexibility index (Phi) is 4.89. The Balaban J connectivity index is 1.68. The van der Waals surface area contributed by atoms with Crippen LogP contribution in [0.1, 0.15) is 10.4 Å². The zero-order chi connectivity index (χ0) is 17.6. The minimum absolute atomic E-state index is 0.0251. The Morgan fingerprint density at radius 1 is 1.04 bits per heavy atom. The van der Waals surface area contributed by atoms with Gasteiger partial charge in [-0.3, -0.25) is 4.79 Å². The first-order chi connectivity index (χ1) is 12.2. The number of ether oxygens (including phenoxy) is 1. The molecule has 1 aromatic heterocycles. The number of methoxy groups -OCH3 is 1. The van der Waals surface area contributed by atoms with Crippen LogP contribution in [0.25, 0.3) is 0 Å². The molecule has 0 bridgehead atoms. The number of halogens is 1. The predicted molar refractivity (Wildman–Crippen MR) is 94.9 cm³/mol. The van der Waals surface area contributed by atoms with E-state index >= 15 is 0 Å². The second-order valence-electron chi connectivity index (χ2n) is 5.22. The fourth-order valence-corrected chi connectivity index (χ4v) is 2.24. The summed E-state index contributed by atoms with van der Waals surface area (Å²) < 4.78 is 18.8. The van der Waals surface area contributed by atoms with Gasteiger partial charge in [0.1, 0.15) is 17.4 Å². The van der Waals surface area contributed by atoms with Crippen molar-refractivity contribution in [3.8, 4) is 5.75 Å². The highest BCUT2D eigenvalue weighted by molar-refractivity contribution is 6.03. The van der Waals surface area contributed by atoms with Crippen molar-refractivity contribution in [3.63, 3.8) is 0 Å². The first-order valence-electron chi connectivity index (χ1n) is 7.59. The SMILES string of the molecule is COc1cccc(Nc2ccc(NC(=O)c3ccccc3F)nc2)c1. The Bertz CT molecular complexity index is 882. The molecular formula is C19H16FN3O2. The number of aromatic nitrogens is 1. The largest absolute Gasteiger partial charge is 0.497 e. The van der Waals surface area contributed by atoms with Crippen LogP contribution < -0.4 is 15.4 Å². The van der Waals surface area contributed by atoms with E-state index in [-0.39, 0.29) is 5.56 Å². The average Bonchev–Trinajstić information content (AvgIpc) is 2.64. The van der Waals surface area contributed by atoms with Gasteiger partial charge in [0.2, 0.25) is 0 Å². The van der Waals surface area contributed by atoms with Gasteiger partial charge >= 0.3 is 0 Å². The molecule has 2 N–H and O–H groups in total. The van der Waals surface area contributed by atoms with Crippen LogP contribution in [0, 0.1) is 5.82 Å². The molecular weight excluding hydrogens is 321 g/mol. The van der Waals surface area contributed by atoms with E-state index in [4.69, 9.17) is 4.74 Å². The van der Waals surface area contributed by atoms with Crippen molar-refractivity contribution < 1.29 is 13.9 Å². The molecule has 0 fully saturated rings. The van der Waals surface area contributed by atoms with E-state index in [1.165, 1.54) is 18.2 Å². The second-order valence-corrected chi connectivity index (χ2v) is 5.22. The molecule has 0 unspecified atom stereocenters. The fraction of sp³-hybridized carbons (Fsp3) is 0.0526. The van der Waals surface area contributed by atoms with Crippen LogP contribution in [-0.4, -0.2) is 18.0 Å². The van der Waals surface area contributed by atoms with E-state index in [2.05, 4.69) is 15.6 Å². The average molecular weight is 337 g/mol. The van der Waals surface area contributed by atoms with E-state index < -0.39 is 11.7 Å². The summed E-state index contributed by atoms with van der Waals surface area (Å²) in [5.74, 6) is -0.0356. The zero-order valence-corrected chi connectivity index (χ0v) is 13.5. The molecule has 0 aliphatic carbocycles. The molecule has 0 radical (unpaired) electrons. The van der Waals surface area contributed by atoms with E-state index in [0.29, 0.717) is 5.82 Å². The minimum atomic E-state index is -0.573. The molecule has 0 aliphatic heterocycles. The highest BCUT2D eigenvalue weighted by Gasteiger charge is 2.11. The van der Waals surface area contributed by atoms with Gasteiger partial charge in [0.15, 0.2) is 0 Å². The Labute approximate surface area is 144 Å². The van der Waals surface area contributed by atoms with Crippen LogP contribution >= 0.6 is 0 Å². The topological polar surface area (TPSA) is 63.2 Å². The molecule has 0 aliphatic rings. The van der Waals surface area contributed by atoms with E-state index in [9.17, 15) is 9.18 Å². The van der Waals surface area contributed by atoms with Crippen molar-refractivity contribution in [2.75, 3.05) is 17.7 Å². The summed E-state index contributed by atoms with van der Waals surface area (Å²) in [6.45, 7) is 0. The number of hydrogen-bond acceptors (Lipinski definition) is 4. The summed E-state index contributed by atoms with van der Waals surface area (Å²) in [6.07, 6.45) is 1.58. The molecule has 1 amide bonds. The first-order valence-corrected chi connectivity index (χ1v) is 7.59. The first kappa shape index (κ1) is 16.4. The van der Waals surface area contributed by atoms with Gasteiger partial charge in [-0.1, -0.05) is 18.2 Å². The summed E-state index contributed by atoms with van der Waals surface area (Å²) in [5.41, 5.74) is 1.57. The maximum Gasteiger partial charge on any atom is 0.259 e. The van der Waals surface area contributed by atoms with Gasteiger partial charge in [-0.15, -0.1) is 0 Å². The molecule has 0 spiro atoms. The predicted octanol–water partition coefficient (Wildman–Crippen LogP) is 4.23. The van der Waals surface area contributed by atoms with Gasteiger partial charge in [0, 0.05) is 11.8 Å². The molecule has 5 nitrogen and oxygen atoms in total. The van der Waals surface area contributed by atoms with Crippen molar-refractivity contribution in [2.45, 2.75) is 0 Å². The highest BCUT2D eigenvalue weighted by Crippen LogP contribution is 2.21. The summed E-state index contributed by atoms with van der Waals surface area (Å²) in [5, 5.41) is 5.76. The third-order valence-electron chi connectivity index (χ3n) is 3.48. The fourth-order valence-electron chi connectivity index (χ4n) is 2.24. The number of pyridine rings is 1. The number of carbonyl (C=O) groups is 1. The van der Waals surface area contributed by atoms with Crippen molar-refractivity contribution in [1.82, 2.24) is 4.98 Å². The van der Waals surface area contributed by atoms with Crippen LogP contribution in [0.3, 0.4) is 0 Å². The summed E-state index contributed by atoms with van der Waals surface area (Å²) in [6, 6.07) is 16.7. The molecule has 0 saturated heterocycles. The van der Waals surface area contributed by atoms with Crippen LogP contribution in [0.15, 0.2) is 66.9 Å². The Hall–Kier alpha value is -3.41. The maximum absolute atomic E-state index is 13.6. The molecule has 2 aromatic carbocycles. The molecule has 0 saturated carbocycles. The van der Waals surface area contributed by atoms with E-state index in [1.807, 2.05) is 24.3 Å². The monoisotopic (exact) mass is 337 g/mol. The smallest absolute Gasteiger partial charge is 0.259 e. The molecule has 1 heterocycles. The van der Waals surface area contributed by atoms with Gasteiger partial charge in [0.25, 0.3) is 5.91 Å². The van der Waals surface area contributed by atoms with E-state index in [1.54, 1.807) is 31.5 Å². The lowest BCUT2D eigenvalue weighted by molar-refractivity contribution is 0.102. The number of anilines is 3. The van der Waals surface area contributed by atoms with Crippen molar-refractivity contribution in [3.05, 3.63) is 78.2 Å².